The quantitative estimate of drug-likeness (QED) is 0.129. The number of aromatic hydroxyl groups is 1. The van der Waals surface area contributed by atoms with Gasteiger partial charge in [-0.25, -0.2) is 9.57 Å². The third kappa shape index (κ3) is 6.01. The number of hydrogen-bond acceptors (Lipinski definition) is 3. The molecule has 238 valence electrons. The third-order valence-electron chi connectivity index (χ3n) is 8.80. The maximum absolute atomic E-state index is 10.5. The van der Waals surface area contributed by atoms with Gasteiger partial charge in [0.15, 0.2) is 6.21 Å². The molecule has 1 unspecified atom stereocenters. The first-order valence-electron chi connectivity index (χ1n) is 16.0. The van der Waals surface area contributed by atoms with E-state index in [0.29, 0.717) is 0 Å². The number of fused-ring (bicyclic) bond motifs is 1. The van der Waals surface area contributed by atoms with E-state index in [4.69, 9.17) is 9.98 Å². The van der Waals surface area contributed by atoms with Crippen molar-refractivity contribution >= 4 is 23.0 Å². The van der Waals surface area contributed by atoms with Crippen LogP contribution in [0.3, 0.4) is 0 Å². The van der Waals surface area contributed by atoms with Crippen LogP contribution in [0.5, 0.6) is 5.75 Å². The fourth-order valence-corrected chi connectivity index (χ4v) is 6.45. The van der Waals surface area contributed by atoms with Gasteiger partial charge in [0.05, 0.1) is 28.1 Å². The number of aliphatic imine (C=N–C) groups is 1. The molecule has 7 rings (SSSR count). The number of aromatic nitrogens is 2. The van der Waals surface area contributed by atoms with E-state index in [9.17, 15) is 5.11 Å². The van der Waals surface area contributed by atoms with Crippen LogP contribution in [-0.2, 0) is 21.1 Å². The normalized spacial score (nSPS) is 14.4. The number of phenols is 1. The fourth-order valence-electron chi connectivity index (χ4n) is 6.45. The zero-order valence-corrected chi connectivity index (χ0v) is 29.5. The number of para-hydroxylation sites is 3. The molecule has 0 spiro atoms. The van der Waals surface area contributed by atoms with Crippen LogP contribution in [0.25, 0.3) is 39.2 Å². The van der Waals surface area contributed by atoms with E-state index in [-0.39, 0.29) is 44.8 Å². The predicted molar refractivity (Wildman–Crippen MR) is 189 cm³/mol. The van der Waals surface area contributed by atoms with Crippen LogP contribution in [0.15, 0.2) is 114 Å². The van der Waals surface area contributed by atoms with Gasteiger partial charge in [-0.05, 0) is 70.5 Å². The maximum atomic E-state index is 10.5. The van der Waals surface area contributed by atoms with E-state index in [0.717, 1.165) is 39.3 Å². The summed E-state index contributed by atoms with van der Waals surface area (Å²) in [6.07, 6.45) is 1.72. The van der Waals surface area contributed by atoms with Crippen molar-refractivity contribution in [3.63, 3.8) is 0 Å². The first kappa shape index (κ1) is 32.3. The van der Waals surface area contributed by atoms with Gasteiger partial charge < -0.3 is 9.67 Å². The second kappa shape index (κ2) is 13.3. The van der Waals surface area contributed by atoms with Crippen LogP contribution < -0.4 is 0 Å². The van der Waals surface area contributed by atoms with Gasteiger partial charge in [-0.2, -0.15) is 0 Å². The van der Waals surface area contributed by atoms with Crippen LogP contribution in [0, 0.1) is 6.07 Å². The van der Waals surface area contributed by atoms with E-state index in [2.05, 4.69) is 111 Å². The zero-order chi connectivity index (χ0) is 31.9. The summed E-state index contributed by atoms with van der Waals surface area (Å²) >= 11 is 0. The van der Waals surface area contributed by atoms with Crippen molar-refractivity contribution in [3.05, 3.63) is 138 Å². The molecule has 2 heterocycles. The molecule has 1 aliphatic rings. The van der Waals surface area contributed by atoms with Crippen molar-refractivity contribution in [2.75, 3.05) is 7.05 Å². The Morgan fingerprint density at radius 3 is 2.09 bits per heavy atom. The summed E-state index contributed by atoms with van der Waals surface area (Å²) in [7, 11) is 1.98. The molecule has 0 bridgehead atoms. The van der Waals surface area contributed by atoms with Crippen molar-refractivity contribution in [3.8, 4) is 34.0 Å². The summed E-state index contributed by atoms with van der Waals surface area (Å²) in [6, 6.07) is 41.0. The van der Waals surface area contributed by atoms with Crippen LogP contribution in [-0.4, -0.2) is 38.2 Å². The van der Waals surface area contributed by atoms with E-state index < -0.39 is 0 Å². The van der Waals surface area contributed by atoms with Crippen LogP contribution in [0.2, 0.25) is 0 Å². The van der Waals surface area contributed by atoms with Gasteiger partial charge in [0.25, 0.3) is 6.17 Å². The number of hydrogen-bond donors (Lipinski definition) is 1. The molecule has 1 N–H and O–H groups in total. The molecule has 1 aliphatic heterocycles. The number of benzene rings is 5. The van der Waals surface area contributed by atoms with E-state index in [1.165, 1.54) is 27.9 Å². The Balaban J connectivity index is 0.00000386. The minimum absolute atomic E-state index is 0. The van der Waals surface area contributed by atoms with Gasteiger partial charge in [-0.3, -0.25) is 4.98 Å². The van der Waals surface area contributed by atoms with E-state index >= 15 is 0 Å². The summed E-state index contributed by atoms with van der Waals surface area (Å²) in [5, 5.41) is 10.5. The molecule has 5 nitrogen and oxygen atoms in total. The number of phenolic OH excluding ortho intramolecular Hbond substituents is 1. The largest absolute Gasteiger partial charge is 0.507 e. The van der Waals surface area contributed by atoms with Crippen molar-refractivity contribution in [1.29, 1.82) is 0 Å². The van der Waals surface area contributed by atoms with Gasteiger partial charge in [0.2, 0.25) is 0 Å². The first-order chi connectivity index (χ1) is 22.3. The Labute approximate surface area is 291 Å². The first-order valence-corrected chi connectivity index (χ1v) is 16.0. The Kier molecular flexibility index (Phi) is 9.12. The van der Waals surface area contributed by atoms with Gasteiger partial charge in [0.1, 0.15) is 12.8 Å². The van der Waals surface area contributed by atoms with E-state index in [1.807, 2.05) is 48.2 Å². The molecule has 0 saturated carbocycles. The standard InChI is InChI=1S/C41H38N4O.Pt/c1-26(2)33-23-31(28-14-7-6-8-15-28)24-34(27(3)4)39(33)45-37-20-11-10-19-35(37)42-40(45)30-17-13-16-29(22-30)36-25-44(5)41(43-36)32-18-9-12-21-38(32)46;/h6-21,23-27,41,46H,1-5H3;. The van der Waals surface area contributed by atoms with Gasteiger partial charge >= 0.3 is 0 Å². The maximum Gasteiger partial charge on any atom is 0.268 e. The summed E-state index contributed by atoms with van der Waals surface area (Å²) in [5.41, 5.74) is 11.6. The summed E-state index contributed by atoms with van der Waals surface area (Å²) in [5.74, 6) is 1.66. The molecule has 0 amide bonds. The molecule has 5 aromatic carbocycles. The van der Waals surface area contributed by atoms with Gasteiger partial charge in [0, 0.05) is 26.8 Å². The molecule has 1 aromatic heterocycles. The summed E-state index contributed by atoms with van der Waals surface area (Å²) < 4.78 is 4.37. The molecule has 1 atom stereocenters. The van der Waals surface area contributed by atoms with Crippen LogP contribution >= 0.6 is 0 Å². The van der Waals surface area contributed by atoms with Crippen LogP contribution in [0.1, 0.15) is 68.0 Å². The summed E-state index contributed by atoms with van der Waals surface area (Å²) in [6.45, 7) is 9.09. The Morgan fingerprint density at radius 2 is 1.38 bits per heavy atom. The third-order valence-corrected chi connectivity index (χ3v) is 8.80. The molecular formula is C41H38N4OPt. The molecular weight excluding hydrogens is 760 g/mol. The predicted octanol–water partition coefficient (Wildman–Crippen LogP) is 9.32. The molecule has 47 heavy (non-hydrogen) atoms. The smallest absolute Gasteiger partial charge is 0.268 e. The number of imidazole rings is 1. The Hall–Kier alpha value is -4.60. The SMILES string of the molecule is CC(C)c1cc(-c2ccccc2)cc(C(C)C)c1-n1c(-c2[c-]c(C3=NC(c4ccccc4O)[N+](C)=C3)ccc2)nc2ccccc21.[Pt]. The molecule has 0 radical (unpaired) electrons. The van der Waals surface area contributed by atoms with Crippen molar-refractivity contribution in [2.45, 2.75) is 45.7 Å². The van der Waals surface area contributed by atoms with Crippen molar-refractivity contribution < 1.29 is 30.7 Å². The van der Waals surface area contributed by atoms with Crippen LogP contribution in [0.4, 0.5) is 0 Å². The summed E-state index contributed by atoms with van der Waals surface area (Å²) in [4.78, 5) is 10.2. The molecule has 6 heteroatoms. The second-order valence-electron chi connectivity index (χ2n) is 12.7. The van der Waals surface area contributed by atoms with Gasteiger partial charge in [-0.1, -0.05) is 93.4 Å². The minimum atomic E-state index is -0.303. The zero-order valence-electron chi connectivity index (χ0n) is 27.3. The Morgan fingerprint density at radius 1 is 0.745 bits per heavy atom. The molecule has 0 fully saturated rings. The van der Waals surface area contributed by atoms with Crippen molar-refractivity contribution in [1.82, 2.24) is 9.55 Å². The molecule has 0 aliphatic carbocycles. The Bertz CT molecular complexity index is 2110. The molecule has 0 saturated heterocycles. The minimum Gasteiger partial charge on any atom is -0.507 e. The van der Waals surface area contributed by atoms with Crippen molar-refractivity contribution in [2.24, 2.45) is 4.99 Å². The average molecular weight is 798 g/mol. The number of nitrogens with zero attached hydrogens (tertiary/aromatic N) is 4. The van der Waals surface area contributed by atoms with Gasteiger partial charge in [-0.15, -0.1) is 24.3 Å². The second-order valence-corrected chi connectivity index (χ2v) is 12.7. The topological polar surface area (TPSA) is 53.4 Å². The van der Waals surface area contributed by atoms with E-state index in [1.54, 1.807) is 6.07 Å². The average Bonchev–Trinajstić information content (AvgIpc) is 3.65. The molecule has 6 aromatic rings. The number of rotatable bonds is 7. The monoisotopic (exact) mass is 797 g/mol. The fraction of sp³-hybridized carbons (Fsp3) is 0.195.